The number of nitrogens with zero attached hydrogens (tertiary/aromatic N) is 3. The van der Waals surface area contributed by atoms with Gasteiger partial charge in [0.15, 0.2) is 5.65 Å². The number of halogens is 2. The van der Waals surface area contributed by atoms with Gasteiger partial charge < -0.3 is 0 Å². The minimum Gasteiger partial charge on any atom is -0.236 e. The summed E-state index contributed by atoms with van der Waals surface area (Å²) in [5, 5.41) is 4.86. The monoisotopic (exact) mass is 455 g/mol. The van der Waals surface area contributed by atoms with Gasteiger partial charge in [-0.3, -0.25) is 0 Å². The molecule has 2 heterocycles. The smallest absolute Gasteiger partial charge is 0.163 e. The third-order valence-electron chi connectivity index (χ3n) is 4.20. The Morgan fingerprint density at radius 2 is 1.44 bits per heavy atom. The maximum atomic E-state index is 4.86. The molecule has 0 aliphatic rings. The number of hydrogen-bond acceptors (Lipinski definition) is 2. The van der Waals surface area contributed by atoms with Crippen molar-refractivity contribution < 1.29 is 0 Å². The van der Waals surface area contributed by atoms with Crippen LogP contribution in [0.2, 0.25) is 0 Å². The summed E-state index contributed by atoms with van der Waals surface area (Å²) < 4.78 is 4.08. The number of aromatic nitrogens is 3. The molecule has 124 valence electrons. The quantitative estimate of drug-likeness (QED) is 0.370. The fourth-order valence-corrected chi connectivity index (χ4v) is 3.52. The van der Waals surface area contributed by atoms with E-state index < -0.39 is 0 Å². The fraction of sp³-hybridized carbons (Fsp3) is 0.100. The summed E-state index contributed by atoms with van der Waals surface area (Å²) in [4.78, 5) is 4.63. The van der Waals surface area contributed by atoms with Crippen molar-refractivity contribution in [1.29, 1.82) is 0 Å². The molecule has 0 saturated heterocycles. The van der Waals surface area contributed by atoms with Crippen molar-refractivity contribution in [2.24, 2.45) is 0 Å². The van der Waals surface area contributed by atoms with Crippen LogP contribution in [0.4, 0.5) is 0 Å². The first kappa shape index (κ1) is 16.5. The van der Waals surface area contributed by atoms with Crippen molar-refractivity contribution in [3.63, 3.8) is 0 Å². The number of fused-ring (bicyclic) bond motifs is 1. The van der Waals surface area contributed by atoms with Gasteiger partial charge in [-0.15, -0.1) is 0 Å². The second-order valence-corrected chi connectivity index (χ2v) is 7.59. The number of rotatable bonds is 3. The third-order valence-corrected chi connectivity index (χ3v) is 5.26. The highest BCUT2D eigenvalue weighted by Gasteiger charge is 2.17. The van der Waals surface area contributed by atoms with Crippen molar-refractivity contribution in [3.05, 3.63) is 75.4 Å². The van der Waals surface area contributed by atoms with Gasteiger partial charge in [0.25, 0.3) is 0 Å². The summed E-state index contributed by atoms with van der Waals surface area (Å²) in [6.07, 6.45) is 2.71. The Kier molecular flexibility index (Phi) is 4.44. The molecule has 5 heteroatoms. The molecular weight excluding hydrogens is 442 g/mol. The molecular formula is C20H15Br2N3. The molecule has 2 aromatic carbocycles. The standard InChI is InChI=1S/C20H15Br2N3/c1-2-17-19(14-5-9-16(22)10-6-14)20-23-12-11-18(25(20)24-17)13-3-7-15(21)8-4-13/h3-12H,2H2,1H3. The van der Waals surface area contributed by atoms with Gasteiger partial charge in [0.2, 0.25) is 0 Å². The van der Waals surface area contributed by atoms with Gasteiger partial charge in [0.1, 0.15) is 0 Å². The molecule has 0 bridgehead atoms. The molecule has 0 saturated carbocycles. The molecule has 0 aliphatic heterocycles. The summed E-state index contributed by atoms with van der Waals surface area (Å²) in [6.45, 7) is 2.13. The van der Waals surface area contributed by atoms with Gasteiger partial charge in [-0.2, -0.15) is 5.10 Å². The second kappa shape index (κ2) is 6.73. The van der Waals surface area contributed by atoms with E-state index in [1.54, 1.807) is 0 Å². The number of hydrogen-bond donors (Lipinski definition) is 0. The lowest BCUT2D eigenvalue weighted by molar-refractivity contribution is 0.893. The average Bonchev–Trinajstić information content (AvgIpc) is 3.02. The lowest BCUT2D eigenvalue weighted by Crippen LogP contribution is -1.96. The van der Waals surface area contributed by atoms with Gasteiger partial charge in [0, 0.05) is 26.3 Å². The highest BCUT2D eigenvalue weighted by atomic mass is 79.9. The average molecular weight is 457 g/mol. The van der Waals surface area contributed by atoms with Gasteiger partial charge in [0.05, 0.1) is 11.4 Å². The zero-order valence-corrected chi connectivity index (χ0v) is 16.8. The minimum atomic E-state index is 0.856. The zero-order chi connectivity index (χ0) is 17.4. The second-order valence-electron chi connectivity index (χ2n) is 5.75. The van der Waals surface area contributed by atoms with E-state index in [-0.39, 0.29) is 0 Å². The van der Waals surface area contributed by atoms with E-state index in [4.69, 9.17) is 5.10 Å². The molecule has 0 unspecified atom stereocenters. The molecule has 0 atom stereocenters. The van der Waals surface area contributed by atoms with Crippen LogP contribution in [0.25, 0.3) is 28.0 Å². The summed E-state index contributed by atoms with van der Waals surface area (Å²) in [7, 11) is 0. The van der Waals surface area contributed by atoms with Crippen LogP contribution in [0.15, 0.2) is 69.7 Å². The van der Waals surface area contributed by atoms with E-state index in [0.717, 1.165) is 49.1 Å². The molecule has 0 radical (unpaired) electrons. The first-order chi connectivity index (χ1) is 12.2. The summed E-state index contributed by atoms with van der Waals surface area (Å²) in [6, 6.07) is 18.6. The number of aryl methyl sites for hydroxylation is 1. The van der Waals surface area contributed by atoms with Crippen molar-refractivity contribution in [2.45, 2.75) is 13.3 Å². The molecule has 0 aliphatic carbocycles. The van der Waals surface area contributed by atoms with Crippen LogP contribution in [0, 0.1) is 0 Å². The maximum Gasteiger partial charge on any atom is 0.163 e. The third kappa shape index (κ3) is 3.02. The lowest BCUT2D eigenvalue weighted by Gasteiger charge is -2.05. The highest BCUT2D eigenvalue weighted by Crippen LogP contribution is 2.31. The first-order valence-corrected chi connectivity index (χ1v) is 9.64. The van der Waals surface area contributed by atoms with Crippen LogP contribution >= 0.6 is 31.9 Å². The Balaban J connectivity index is 1.97. The van der Waals surface area contributed by atoms with E-state index in [9.17, 15) is 0 Å². The zero-order valence-electron chi connectivity index (χ0n) is 13.6. The van der Waals surface area contributed by atoms with Gasteiger partial charge >= 0.3 is 0 Å². The normalized spacial score (nSPS) is 11.2. The van der Waals surface area contributed by atoms with Crippen LogP contribution in [-0.2, 0) is 6.42 Å². The van der Waals surface area contributed by atoms with Crippen molar-refractivity contribution in [1.82, 2.24) is 14.6 Å². The van der Waals surface area contributed by atoms with Gasteiger partial charge in [-0.05, 0) is 42.3 Å². The van der Waals surface area contributed by atoms with Crippen LogP contribution in [-0.4, -0.2) is 14.6 Å². The van der Waals surface area contributed by atoms with Crippen LogP contribution in [0.5, 0.6) is 0 Å². The molecule has 25 heavy (non-hydrogen) atoms. The maximum absolute atomic E-state index is 4.86. The molecule has 0 N–H and O–H groups in total. The summed E-state index contributed by atoms with van der Waals surface area (Å²) in [5.41, 5.74) is 6.34. The largest absolute Gasteiger partial charge is 0.236 e. The minimum absolute atomic E-state index is 0.856. The predicted octanol–water partition coefficient (Wildman–Crippen LogP) is 6.15. The Morgan fingerprint density at radius 1 is 0.840 bits per heavy atom. The van der Waals surface area contributed by atoms with E-state index in [0.29, 0.717) is 0 Å². The molecule has 4 rings (SSSR count). The van der Waals surface area contributed by atoms with Gasteiger partial charge in [-0.25, -0.2) is 9.50 Å². The van der Waals surface area contributed by atoms with Gasteiger partial charge in [-0.1, -0.05) is 63.0 Å². The molecule has 0 spiro atoms. The Hall–Kier alpha value is -1.98. The molecule has 2 aromatic heterocycles. The predicted molar refractivity (Wildman–Crippen MR) is 109 cm³/mol. The first-order valence-electron chi connectivity index (χ1n) is 8.06. The van der Waals surface area contributed by atoms with E-state index in [1.165, 1.54) is 0 Å². The number of benzene rings is 2. The molecule has 0 fully saturated rings. The summed E-state index contributed by atoms with van der Waals surface area (Å²) in [5.74, 6) is 0. The highest BCUT2D eigenvalue weighted by molar-refractivity contribution is 9.10. The Morgan fingerprint density at radius 3 is 2.04 bits per heavy atom. The lowest BCUT2D eigenvalue weighted by atomic mass is 10.0. The Labute approximate surface area is 163 Å². The summed E-state index contributed by atoms with van der Waals surface area (Å²) >= 11 is 6.99. The van der Waals surface area contributed by atoms with Crippen LogP contribution < -0.4 is 0 Å². The molecule has 4 aromatic rings. The van der Waals surface area contributed by atoms with Crippen molar-refractivity contribution in [2.75, 3.05) is 0 Å². The van der Waals surface area contributed by atoms with Crippen molar-refractivity contribution >= 4 is 37.5 Å². The fourth-order valence-electron chi connectivity index (χ4n) is 2.99. The molecule has 3 nitrogen and oxygen atoms in total. The van der Waals surface area contributed by atoms with Crippen LogP contribution in [0.3, 0.4) is 0 Å². The van der Waals surface area contributed by atoms with E-state index in [1.807, 2.05) is 28.9 Å². The van der Waals surface area contributed by atoms with Crippen LogP contribution in [0.1, 0.15) is 12.6 Å². The topological polar surface area (TPSA) is 30.2 Å². The van der Waals surface area contributed by atoms with E-state index in [2.05, 4.69) is 80.2 Å². The Bertz CT molecular complexity index is 1040. The van der Waals surface area contributed by atoms with Crippen molar-refractivity contribution in [3.8, 4) is 22.4 Å². The SMILES string of the molecule is CCc1nn2c(-c3ccc(Br)cc3)ccnc2c1-c1ccc(Br)cc1. The van der Waals surface area contributed by atoms with E-state index >= 15 is 0 Å². The molecule has 0 amide bonds.